The summed E-state index contributed by atoms with van der Waals surface area (Å²) in [4.78, 5) is 17.3. The van der Waals surface area contributed by atoms with Crippen LogP contribution in [0.5, 0.6) is 5.75 Å². The Morgan fingerprint density at radius 1 is 1.04 bits per heavy atom. The molecule has 0 aromatic heterocycles. The molecule has 2 atom stereocenters. The lowest BCUT2D eigenvalue weighted by molar-refractivity contribution is 0.0316. The number of aromatic hydroxyl groups is 1. The lowest BCUT2D eigenvalue weighted by Gasteiger charge is -2.44. The van der Waals surface area contributed by atoms with Crippen LogP contribution in [0.3, 0.4) is 0 Å². The number of nitrogens with zero attached hydrogens (tertiary/aromatic N) is 2. The number of phenolic OH excluding ortho intramolecular Hbond substituents is 1. The molecule has 0 unspecified atom stereocenters. The van der Waals surface area contributed by atoms with E-state index in [0.717, 1.165) is 17.3 Å². The van der Waals surface area contributed by atoms with Crippen molar-refractivity contribution in [3.63, 3.8) is 0 Å². The summed E-state index contributed by atoms with van der Waals surface area (Å²) in [5, 5.41) is 12.2. The molecule has 2 aliphatic heterocycles. The second kappa shape index (κ2) is 6.46. The Balaban J connectivity index is 1.47. The quantitative estimate of drug-likeness (QED) is 0.851. The van der Waals surface area contributed by atoms with Gasteiger partial charge in [-0.2, -0.15) is 0 Å². The molecule has 1 saturated carbocycles. The first-order valence-corrected chi connectivity index (χ1v) is 11.7. The zero-order valence-electron chi connectivity index (χ0n) is 15.6. The highest BCUT2D eigenvalue weighted by molar-refractivity contribution is 7.91. The maximum atomic E-state index is 13.3. The minimum atomic E-state index is -3.17. The Hall–Kier alpha value is -2.12. The summed E-state index contributed by atoms with van der Waals surface area (Å²) in [6.07, 6.45) is 2.43. The van der Waals surface area contributed by atoms with E-state index < -0.39 is 9.84 Å². The minimum absolute atomic E-state index is 0.0128. The largest absolute Gasteiger partial charge is 0.507 e. The molecule has 2 aromatic carbocycles. The van der Waals surface area contributed by atoms with E-state index in [9.17, 15) is 18.3 Å². The van der Waals surface area contributed by atoms with Crippen LogP contribution in [-0.2, 0) is 9.84 Å². The van der Waals surface area contributed by atoms with Crippen molar-refractivity contribution in [3.8, 4) is 5.75 Å². The molecule has 5 rings (SSSR count). The van der Waals surface area contributed by atoms with Crippen LogP contribution in [0.4, 0.5) is 0 Å². The molecule has 2 aromatic rings. The molecule has 0 radical (unpaired) electrons. The average molecular weight is 401 g/mol. The molecule has 3 aliphatic rings. The van der Waals surface area contributed by atoms with Gasteiger partial charge in [0.15, 0.2) is 9.84 Å². The first-order chi connectivity index (χ1) is 13.4. The number of rotatable bonds is 3. The highest BCUT2D eigenvalue weighted by Gasteiger charge is 2.49. The molecule has 6 nitrogen and oxygen atoms in total. The molecule has 1 N–H and O–H groups in total. The number of sulfone groups is 1. The first-order valence-electron chi connectivity index (χ1n) is 9.88. The number of carbonyl (C=O) groups excluding carboxylic acids is 1. The van der Waals surface area contributed by atoms with E-state index in [2.05, 4.69) is 4.90 Å². The van der Waals surface area contributed by atoms with Gasteiger partial charge in [-0.3, -0.25) is 9.69 Å². The van der Waals surface area contributed by atoms with Crippen LogP contribution < -0.4 is 0 Å². The number of phenols is 1. The molecule has 2 heterocycles. The summed E-state index contributed by atoms with van der Waals surface area (Å²) in [6, 6.07) is 10.4. The fraction of sp³-hybridized carbons (Fsp3) is 0.476. The normalized spacial score (nSPS) is 27.1. The number of piperazine rings is 1. The van der Waals surface area contributed by atoms with E-state index in [1.807, 2.05) is 24.3 Å². The van der Waals surface area contributed by atoms with Gasteiger partial charge in [-0.05, 0) is 41.7 Å². The Labute approximate surface area is 164 Å². The molecule has 7 heteroatoms. The summed E-state index contributed by atoms with van der Waals surface area (Å²) in [5.74, 6) is 0.482. The molecule has 28 heavy (non-hydrogen) atoms. The van der Waals surface area contributed by atoms with E-state index in [4.69, 9.17) is 0 Å². The van der Waals surface area contributed by atoms with E-state index in [1.165, 1.54) is 12.8 Å². The topological polar surface area (TPSA) is 77.9 Å². The first kappa shape index (κ1) is 17.9. The predicted octanol–water partition coefficient (Wildman–Crippen LogP) is 1.88. The Morgan fingerprint density at radius 2 is 1.71 bits per heavy atom. The van der Waals surface area contributed by atoms with Gasteiger partial charge in [0.2, 0.25) is 0 Å². The van der Waals surface area contributed by atoms with Crippen LogP contribution in [0.25, 0.3) is 10.8 Å². The van der Waals surface area contributed by atoms with Crippen molar-refractivity contribution in [1.82, 2.24) is 9.80 Å². The summed E-state index contributed by atoms with van der Waals surface area (Å²) in [7, 11) is -3.17. The van der Waals surface area contributed by atoms with Gasteiger partial charge in [0.05, 0.1) is 23.1 Å². The van der Waals surface area contributed by atoms with Gasteiger partial charge < -0.3 is 10.0 Å². The van der Waals surface area contributed by atoms with E-state index in [0.29, 0.717) is 19.0 Å². The van der Waals surface area contributed by atoms with Crippen molar-refractivity contribution in [3.05, 3.63) is 42.0 Å². The van der Waals surface area contributed by atoms with Crippen LogP contribution in [0.2, 0.25) is 0 Å². The third-order valence-electron chi connectivity index (χ3n) is 6.34. The third-order valence-corrected chi connectivity index (χ3v) is 8.03. The third kappa shape index (κ3) is 3.16. The molecule has 2 saturated heterocycles. The van der Waals surface area contributed by atoms with Crippen LogP contribution in [0, 0.1) is 5.92 Å². The van der Waals surface area contributed by atoms with Crippen molar-refractivity contribution in [2.24, 2.45) is 5.92 Å². The maximum Gasteiger partial charge on any atom is 0.258 e. The zero-order valence-corrected chi connectivity index (χ0v) is 16.4. The van der Waals surface area contributed by atoms with Crippen molar-refractivity contribution < 1.29 is 18.3 Å². The molecule has 1 aliphatic carbocycles. The number of hydrogen-bond donors (Lipinski definition) is 1. The fourth-order valence-electron chi connectivity index (χ4n) is 4.69. The lowest BCUT2D eigenvalue weighted by Crippen LogP contribution is -2.60. The van der Waals surface area contributed by atoms with Gasteiger partial charge in [0.25, 0.3) is 5.91 Å². The highest BCUT2D eigenvalue weighted by atomic mass is 32.2. The summed E-state index contributed by atoms with van der Waals surface area (Å²) < 4.78 is 24.8. The van der Waals surface area contributed by atoms with Crippen molar-refractivity contribution >= 4 is 26.5 Å². The van der Waals surface area contributed by atoms with Crippen molar-refractivity contribution in [2.45, 2.75) is 24.9 Å². The molecule has 0 bridgehead atoms. The van der Waals surface area contributed by atoms with E-state index >= 15 is 0 Å². The maximum absolute atomic E-state index is 13.3. The second-order valence-corrected chi connectivity index (χ2v) is 10.5. The highest BCUT2D eigenvalue weighted by Crippen LogP contribution is 2.35. The molecule has 3 fully saturated rings. The number of amides is 1. The molecular formula is C21H24N2O4S. The Morgan fingerprint density at radius 3 is 2.43 bits per heavy atom. The molecular weight excluding hydrogens is 376 g/mol. The van der Waals surface area contributed by atoms with E-state index in [1.54, 1.807) is 17.0 Å². The standard InChI is InChI=1S/C21H24N2O4S/c24-20-10-16-4-2-1-3-15(16)9-17(20)21(25)23-8-7-22(11-14-5-6-14)18-12-28(26,27)13-19(18)23/h1-4,9-10,14,18-19,24H,5-8,11-13H2/t18-,19+/m1/s1. The van der Waals surface area contributed by atoms with Gasteiger partial charge in [0.1, 0.15) is 5.75 Å². The summed E-state index contributed by atoms with van der Waals surface area (Å²) in [6.45, 7) is 2.11. The fourth-order valence-corrected chi connectivity index (χ4v) is 6.70. The lowest BCUT2D eigenvalue weighted by atomic mass is 10.0. The van der Waals surface area contributed by atoms with Gasteiger partial charge in [-0.15, -0.1) is 0 Å². The molecule has 148 valence electrons. The number of benzene rings is 2. The predicted molar refractivity (Wildman–Crippen MR) is 107 cm³/mol. The summed E-state index contributed by atoms with van der Waals surface area (Å²) in [5.41, 5.74) is 0.248. The average Bonchev–Trinajstić information content (AvgIpc) is 3.41. The van der Waals surface area contributed by atoms with E-state index in [-0.39, 0.29) is 40.8 Å². The van der Waals surface area contributed by atoms with Crippen LogP contribution >= 0.6 is 0 Å². The molecule has 1 amide bonds. The van der Waals surface area contributed by atoms with Gasteiger partial charge in [0, 0.05) is 25.7 Å². The second-order valence-electron chi connectivity index (χ2n) is 8.36. The van der Waals surface area contributed by atoms with Crippen LogP contribution in [-0.4, -0.2) is 72.5 Å². The zero-order chi connectivity index (χ0) is 19.5. The number of hydrogen-bond acceptors (Lipinski definition) is 5. The minimum Gasteiger partial charge on any atom is -0.507 e. The number of carbonyl (C=O) groups is 1. The van der Waals surface area contributed by atoms with Gasteiger partial charge >= 0.3 is 0 Å². The van der Waals surface area contributed by atoms with Gasteiger partial charge in [-0.25, -0.2) is 8.42 Å². The van der Waals surface area contributed by atoms with Gasteiger partial charge in [-0.1, -0.05) is 24.3 Å². The monoisotopic (exact) mass is 400 g/mol. The van der Waals surface area contributed by atoms with Crippen LogP contribution in [0.15, 0.2) is 36.4 Å². The van der Waals surface area contributed by atoms with Crippen molar-refractivity contribution in [2.75, 3.05) is 31.1 Å². The van der Waals surface area contributed by atoms with Crippen LogP contribution in [0.1, 0.15) is 23.2 Å². The number of fused-ring (bicyclic) bond motifs is 2. The summed E-state index contributed by atoms with van der Waals surface area (Å²) >= 11 is 0. The molecule has 0 spiro atoms. The van der Waals surface area contributed by atoms with Crippen molar-refractivity contribution in [1.29, 1.82) is 0 Å². The Kier molecular flexibility index (Phi) is 4.14. The Bertz CT molecular complexity index is 1050. The smallest absolute Gasteiger partial charge is 0.258 e. The SMILES string of the molecule is O=C(c1cc2ccccc2cc1O)N1CCN(CC2CC2)[C@@H]2CS(=O)(=O)C[C@@H]21.